The van der Waals surface area contributed by atoms with Crippen molar-refractivity contribution >= 4 is 0 Å². The van der Waals surface area contributed by atoms with Gasteiger partial charge in [0.2, 0.25) is 0 Å². The van der Waals surface area contributed by atoms with E-state index in [1.54, 1.807) is 0 Å². The fourth-order valence-electron chi connectivity index (χ4n) is 2.53. The molecule has 2 aliphatic carbocycles. The smallest absolute Gasteiger partial charge is 0.0839 e. The van der Waals surface area contributed by atoms with Gasteiger partial charge in [-0.1, -0.05) is 11.1 Å². The molecule has 0 aromatic carbocycles. The lowest BCUT2D eigenvalue weighted by molar-refractivity contribution is 0.0144. The Kier molecular flexibility index (Phi) is 2.64. The third-order valence-corrected chi connectivity index (χ3v) is 3.55. The largest absolute Gasteiger partial charge is 0.390 e. The molecule has 0 aromatic heterocycles. The highest BCUT2D eigenvalue weighted by Gasteiger charge is 2.33. The molecule has 3 heteroatoms. The summed E-state index contributed by atoms with van der Waals surface area (Å²) in [5, 5.41) is 19.1. The summed E-state index contributed by atoms with van der Waals surface area (Å²) in [6.07, 6.45) is 2.45. The first kappa shape index (κ1) is 10.1. The lowest BCUT2D eigenvalue weighted by Crippen LogP contribution is -2.29. The fourth-order valence-corrected chi connectivity index (χ4v) is 2.53. The Morgan fingerprint density at radius 2 is 1.36 bits per heavy atom. The highest BCUT2D eigenvalue weighted by Crippen LogP contribution is 2.38. The highest BCUT2D eigenvalue weighted by atomic mass is 16.3. The summed E-state index contributed by atoms with van der Waals surface area (Å²) < 4.78 is 0. The van der Waals surface area contributed by atoms with Gasteiger partial charge < -0.3 is 15.1 Å². The van der Waals surface area contributed by atoms with E-state index in [0.29, 0.717) is 18.9 Å². The van der Waals surface area contributed by atoms with Crippen molar-refractivity contribution in [1.29, 1.82) is 0 Å². The summed E-state index contributed by atoms with van der Waals surface area (Å²) in [7, 11) is 4.19. The van der Waals surface area contributed by atoms with Crippen molar-refractivity contribution in [1.82, 2.24) is 4.90 Å². The SMILES string of the molecule is CN(C)C1CC2=C(C1)C[C@H](O)[C@H](O)C2. The molecule has 0 bridgehead atoms. The van der Waals surface area contributed by atoms with Crippen molar-refractivity contribution in [2.45, 2.75) is 43.9 Å². The van der Waals surface area contributed by atoms with Crippen LogP contribution in [-0.4, -0.2) is 47.5 Å². The quantitative estimate of drug-likeness (QED) is 0.602. The van der Waals surface area contributed by atoms with Crippen molar-refractivity contribution in [3.63, 3.8) is 0 Å². The molecule has 0 saturated carbocycles. The third kappa shape index (κ3) is 1.72. The van der Waals surface area contributed by atoms with Crippen LogP contribution in [0, 0.1) is 0 Å². The Balaban J connectivity index is 2.06. The first-order chi connectivity index (χ1) is 6.58. The number of hydrogen-bond acceptors (Lipinski definition) is 3. The zero-order chi connectivity index (χ0) is 10.3. The predicted molar refractivity (Wildman–Crippen MR) is 55.0 cm³/mol. The molecule has 3 atom stereocenters. The molecule has 2 rings (SSSR count). The molecule has 0 fully saturated rings. The monoisotopic (exact) mass is 197 g/mol. The maximum atomic E-state index is 9.55. The van der Waals surface area contributed by atoms with E-state index in [4.69, 9.17) is 0 Å². The molecule has 0 radical (unpaired) electrons. The predicted octanol–water partition coefficient (Wildman–Crippen LogP) is 0.523. The molecule has 80 valence electrons. The molecule has 14 heavy (non-hydrogen) atoms. The van der Waals surface area contributed by atoms with Crippen LogP contribution < -0.4 is 0 Å². The summed E-state index contributed by atoms with van der Waals surface area (Å²) in [5.41, 5.74) is 2.78. The lowest BCUT2D eigenvalue weighted by atomic mass is 9.90. The van der Waals surface area contributed by atoms with Crippen molar-refractivity contribution in [3.8, 4) is 0 Å². The van der Waals surface area contributed by atoms with Gasteiger partial charge in [-0.15, -0.1) is 0 Å². The minimum absolute atomic E-state index is 0.533. The van der Waals surface area contributed by atoms with Crippen molar-refractivity contribution < 1.29 is 10.2 Å². The van der Waals surface area contributed by atoms with E-state index in [0.717, 1.165) is 12.8 Å². The van der Waals surface area contributed by atoms with Crippen LogP contribution in [0.1, 0.15) is 25.7 Å². The zero-order valence-corrected chi connectivity index (χ0v) is 8.90. The van der Waals surface area contributed by atoms with Gasteiger partial charge in [-0.05, 0) is 39.8 Å². The number of aliphatic hydroxyl groups is 2. The van der Waals surface area contributed by atoms with E-state index >= 15 is 0 Å². The van der Waals surface area contributed by atoms with Crippen LogP contribution in [-0.2, 0) is 0 Å². The number of aliphatic hydroxyl groups excluding tert-OH is 2. The Morgan fingerprint density at radius 3 is 1.71 bits per heavy atom. The average Bonchev–Trinajstić information content (AvgIpc) is 2.48. The maximum absolute atomic E-state index is 9.55. The summed E-state index contributed by atoms with van der Waals surface area (Å²) >= 11 is 0. The molecule has 0 heterocycles. The highest BCUT2D eigenvalue weighted by molar-refractivity contribution is 5.27. The van der Waals surface area contributed by atoms with Crippen molar-refractivity contribution in [2.24, 2.45) is 0 Å². The molecule has 0 aliphatic heterocycles. The number of rotatable bonds is 1. The first-order valence-electron chi connectivity index (χ1n) is 5.30. The Morgan fingerprint density at radius 1 is 0.929 bits per heavy atom. The Labute approximate surface area is 85.0 Å². The van der Waals surface area contributed by atoms with Gasteiger partial charge in [0.1, 0.15) is 0 Å². The molecule has 1 unspecified atom stereocenters. The molecule has 3 nitrogen and oxygen atoms in total. The Bertz CT molecular complexity index is 238. The lowest BCUT2D eigenvalue weighted by Gasteiger charge is -2.24. The molecule has 0 saturated heterocycles. The van der Waals surface area contributed by atoms with Crippen LogP contribution in [0.3, 0.4) is 0 Å². The molecule has 0 spiro atoms. The Hall–Kier alpha value is -0.380. The molecule has 0 amide bonds. The number of nitrogens with zero attached hydrogens (tertiary/aromatic N) is 1. The van der Waals surface area contributed by atoms with E-state index in [1.807, 2.05) is 0 Å². The topological polar surface area (TPSA) is 43.7 Å². The average molecular weight is 197 g/mol. The van der Waals surface area contributed by atoms with Crippen LogP contribution >= 0.6 is 0 Å². The van der Waals surface area contributed by atoms with E-state index < -0.39 is 12.2 Å². The maximum Gasteiger partial charge on any atom is 0.0839 e. The third-order valence-electron chi connectivity index (χ3n) is 3.55. The van der Waals surface area contributed by atoms with Gasteiger partial charge in [0.15, 0.2) is 0 Å². The molecule has 2 aliphatic rings. The second-order valence-electron chi connectivity index (χ2n) is 4.78. The van der Waals surface area contributed by atoms with E-state index in [9.17, 15) is 10.2 Å². The van der Waals surface area contributed by atoms with Crippen LogP contribution in [0.15, 0.2) is 11.1 Å². The number of hydrogen-bond donors (Lipinski definition) is 2. The first-order valence-corrected chi connectivity index (χ1v) is 5.30. The minimum Gasteiger partial charge on any atom is -0.390 e. The van der Waals surface area contributed by atoms with Crippen LogP contribution in [0.4, 0.5) is 0 Å². The van der Waals surface area contributed by atoms with Crippen molar-refractivity contribution in [2.75, 3.05) is 14.1 Å². The fraction of sp³-hybridized carbons (Fsp3) is 0.818. The summed E-state index contributed by atoms with van der Waals surface area (Å²) in [6, 6.07) is 0.581. The second kappa shape index (κ2) is 3.65. The van der Waals surface area contributed by atoms with Gasteiger partial charge in [-0.2, -0.15) is 0 Å². The van der Waals surface area contributed by atoms with Gasteiger partial charge in [0.25, 0.3) is 0 Å². The van der Waals surface area contributed by atoms with Gasteiger partial charge in [0.05, 0.1) is 12.2 Å². The van der Waals surface area contributed by atoms with Crippen LogP contribution in [0.5, 0.6) is 0 Å². The zero-order valence-electron chi connectivity index (χ0n) is 8.90. The molecular weight excluding hydrogens is 178 g/mol. The standard InChI is InChI=1S/C11H19NO2/c1-12(2)9-3-7-5-10(13)11(14)6-8(7)4-9/h9-11,13-14H,3-6H2,1-2H3/t9?,10-,11+. The summed E-state index contributed by atoms with van der Waals surface area (Å²) in [4.78, 5) is 2.23. The van der Waals surface area contributed by atoms with Crippen LogP contribution in [0.2, 0.25) is 0 Å². The van der Waals surface area contributed by atoms with E-state index in [2.05, 4.69) is 19.0 Å². The van der Waals surface area contributed by atoms with E-state index in [-0.39, 0.29) is 0 Å². The summed E-state index contributed by atoms with van der Waals surface area (Å²) in [5.74, 6) is 0. The normalized spacial score (nSPS) is 37.9. The second-order valence-corrected chi connectivity index (χ2v) is 4.78. The van der Waals surface area contributed by atoms with E-state index in [1.165, 1.54) is 11.1 Å². The summed E-state index contributed by atoms with van der Waals surface area (Å²) in [6.45, 7) is 0. The van der Waals surface area contributed by atoms with Gasteiger partial charge >= 0.3 is 0 Å². The van der Waals surface area contributed by atoms with Crippen LogP contribution in [0.25, 0.3) is 0 Å². The van der Waals surface area contributed by atoms with Gasteiger partial charge in [-0.3, -0.25) is 0 Å². The molecular formula is C11H19NO2. The molecule has 2 N–H and O–H groups in total. The van der Waals surface area contributed by atoms with Gasteiger partial charge in [-0.25, -0.2) is 0 Å². The minimum atomic E-state index is -0.533. The van der Waals surface area contributed by atoms with Crippen molar-refractivity contribution in [3.05, 3.63) is 11.1 Å². The van der Waals surface area contributed by atoms with Gasteiger partial charge in [0, 0.05) is 6.04 Å². The molecule has 0 aromatic rings.